The summed E-state index contributed by atoms with van der Waals surface area (Å²) in [6, 6.07) is 52.6. The van der Waals surface area contributed by atoms with Gasteiger partial charge in [-0.25, -0.2) is 0 Å². The smallest absolute Gasteiger partial charge is 0.136 e. The van der Waals surface area contributed by atoms with E-state index in [1.54, 1.807) is 0 Å². The maximum absolute atomic E-state index is 6.34. The molecule has 0 N–H and O–H groups in total. The SMILES string of the molecule is c1ccc2c(-c3c4ccccc4c(-c4ccc5oc6ccc7ccccc7c6c5c4)c4ccccc34)cccc2c1. The number of rotatable bonds is 2. The van der Waals surface area contributed by atoms with E-state index in [0.29, 0.717) is 0 Å². The summed E-state index contributed by atoms with van der Waals surface area (Å²) in [5.74, 6) is 0. The van der Waals surface area contributed by atoms with Crippen LogP contribution in [0.3, 0.4) is 0 Å². The summed E-state index contributed by atoms with van der Waals surface area (Å²) in [5.41, 5.74) is 6.86. The van der Waals surface area contributed by atoms with Crippen molar-refractivity contribution in [3.63, 3.8) is 0 Å². The van der Waals surface area contributed by atoms with E-state index >= 15 is 0 Å². The molecule has 9 rings (SSSR count). The van der Waals surface area contributed by atoms with Gasteiger partial charge in [0, 0.05) is 10.8 Å². The molecule has 1 aromatic heterocycles. The van der Waals surface area contributed by atoms with Crippen LogP contribution in [0.2, 0.25) is 0 Å². The third-order valence-corrected chi connectivity index (χ3v) is 8.64. The van der Waals surface area contributed by atoms with Crippen molar-refractivity contribution in [3.05, 3.63) is 146 Å². The van der Waals surface area contributed by atoms with Gasteiger partial charge in [-0.3, -0.25) is 0 Å². The zero-order valence-corrected chi connectivity index (χ0v) is 22.3. The van der Waals surface area contributed by atoms with Crippen LogP contribution in [0.25, 0.3) is 87.3 Å². The third kappa shape index (κ3) is 3.24. The number of hydrogen-bond donors (Lipinski definition) is 0. The van der Waals surface area contributed by atoms with E-state index in [-0.39, 0.29) is 0 Å². The summed E-state index contributed by atoms with van der Waals surface area (Å²) in [6.07, 6.45) is 0. The third-order valence-electron chi connectivity index (χ3n) is 8.64. The highest BCUT2D eigenvalue weighted by Crippen LogP contribution is 2.46. The second kappa shape index (κ2) is 8.55. The molecule has 0 atom stereocenters. The van der Waals surface area contributed by atoms with Gasteiger partial charge in [0.25, 0.3) is 0 Å². The molecule has 41 heavy (non-hydrogen) atoms. The van der Waals surface area contributed by atoms with Gasteiger partial charge in [-0.1, -0.05) is 127 Å². The van der Waals surface area contributed by atoms with Crippen molar-refractivity contribution in [2.24, 2.45) is 0 Å². The van der Waals surface area contributed by atoms with Gasteiger partial charge in [0.1, 0.15) is 11.2 Å². The van der Waals surface area contributed by atoms with Gasteiger partial charge in [0.05, 0.1) is 0 Å². The van der Waals surface area contributed by atoms with Crippen molar-refractivity contribution in [2.75, 3.05) is 0 Å². The minimum Gasteiger partial charge on any atom is -0.456 e. The zero-order valence-electron chi connectivity index (χ0n) is 22.3. The molecule has 0 aliphatic rings. The van der Waals surface area contributed by atoms with Crippen molar-refractivity contribution in [2.45, 2.75) is 0 Å². The lowest BCUT2D eigenvalue weighted by Gasteiger charge is -2.18. The maximum Gasteiger partial charge on any atom is 0.136 e. The first kappa shape index (κ1) is 22.4. The summed E-state index contributed by atoms with van der Waals surface area (Å²) in [6.45, 7) is 0. The van der Waals surface area contributed by atoms with Crippen LogP contribution < -0.4 is 0 Å². The van der Waals surface area contributed by atoms with E-state index in [2.05, 4.69) is 146 Å². The Balaban J connectivity index is 1.42. The van der Waals surface area contributed by atoms with Crippen LogP contribution in [-0.2, 0) is 0 Å². The molecule has 0 radical (unpaired) electrons. The van der Waals surface area contributed by atoms with Gasteiger partial charge in [-0.05, 0) is 83.5 Å². The first-order valence-corrected chi connectivity index (χ1v) is 14.1. The molecule has 0 amide bonds. The minimum absolute atomic E-state index is 0.918. The molecule has 1 heterocycles. The average Bonchev–Trinajstić information content (AvgIpc) is 3.42. The van der Waals surface area contributed by atoms with Crippen LogP contribution in [0.5, 0.6) is 0 Å². The largest absolute Gasteiger partial charge is 0.456 e. The molecule has 0 spiro atoms. The molecule has 0 bridgehead atoms. The zero-order chi connectivity index (χ0) is 26.9. The van der Waals surface area contributed by atoms with Gasteiger partial charge < -0.3 is 4.42 Å². The molecule has 190 valence electrons. The van der Waals surface area contributed by atoms with E-state index in [9.17, 15) is 0 Å². The lowest BCUT2D eigenvalue weighted by Crippen LogP contribution is -1.91. The normalized spacial score (nSPS) is 11.9. The van der Waals surface area contributed by atoms with Crippen LogP contribution in [0, 0.1) is 0 Å². The molecule has 0 saturated heterocycles. The fourth-order valence-electron chi connectivity index (χ4n) is 6.88. The van der Waals surface area contributed by atoms with E-state index in [0.717, 1.165) is 16.6 Å². The highest BCUT2D eigenvalue weighted by atomic mass is 16.3. The highest BCUT2D eigenvalue weighted by Gasteiger charge is 2.19. The second-order valence-corrected chi connectivity index (χ2v) is 10.8. The van der Waals surface area contributed by atoms with Gasteiger partial charge >= 0.3 is 0 Å². The van der Waals surface area contributed by atoms with Gasteiger partial charge in [-0.2, -0.15) is 0 Å². The van der Waals surface area contributed by atoms with Crippen molar-refractivity contribution >= 4 is 65.0 Å². The first-order chi connectivity index (χ1) is 20.3. The molecule has 1 heteroatoms. The monoisotopic (exact) mass is 520 g/mol. The summed E-state index contributed by atoms with van der Waals surface area (Å²) in [4.78, 5) is 0. The first-order valence-electron chi connectivity index (χ1n) is 14.1. The molecule has 0 aliphatic carbocycles. The molecule has 9 aromatic rings. The summed E-state index contributed by atoms with van der Waals surface area (Å²) < 4.78 is 6.34. The van der Waals surface area contributed by atoms with Crippen LogP contribution >= 0.6 is 0 Å². The number of hydrogen-bond acceptors (Lipinski definition) is 1. The van der Waals surface area contributed by atoms with E-state index in [4.69, 9.17) is 4.42 Å². The summed E-state index contributed by atoms with van der Waals surface area (Å²) in [7, 11) is 0. The molecule has 0 fully saturated rings. The Bertz CT molecular complexity index is 2410. The van der Waals surface area contributed by atoms with Crippen molar-refractivity contribution in [1.82, 2.24) is 0 Å². The number of benzene rings is 8. The maximum atomic E-state index is 6.34. The topological polar surface area (TPSA) is 13.1 Å². The standard InChI is InChI=1S/C40H24O/c1-3-13-28-25(10-1)12-9-19-30(28)39-33-17-7-5-15-31(33)38(32-16-6-8-18-34(32)39)27-21-22-36-35(24-27)40-29-14-4-2-11-26(29)20-23-37(40)41-36/h1-24H. The Morgan fingerprint density at radius 3 is 1.59 bits per heavy atom. The van der Waals surface area contributed by atoms with Gasteiger partial charge in [0.2, 0.25) is 0 Å². The van der Waals surface area contributed by atoms with Gasteiger partial charge in [0.15, 0.2) is 0 Å². The van der Waals surface area contributed by atoms with Crippen molar-refractivity contribution in [1.29, 1.82) is 0 Å². The summed E-state index contributed by atoms with van der Waals surface area (Å²) >= 11 is 0. The fourth-order valence-corrected chi connectivity index (χ4v) is 6.88. The molecule has 8 aromatic carbocycles. The Labute approximate surface area is 236 Å². The number of fused-ring (bicyclic) bond motifs is 8. The van der Waals surface area contributed by atoms with E-state index in [1.165, 1.54) is 70.7 Å². The molecule has 0 unspecified atom stereocenters. The molecule has 0 aliphatic heterocycles. The molecule has 1 nitrogen and oxygen atoms in total. The van der Waals surface area contributed by atoms with Crippen molar-refractivity contribution in [3.8, 4) is 22.3 Å². The Morgan fingerprint density at radius 1 is 0.341 bits per heavy atom. The fraction of sp³-hybridized carbons (Fsp3) is 0. The Hall–Kier alpha value is -5.40. The van der Waals surface area contributed by atoms with Crippen LogP contribution in [0.15, 0.2) is 150 Å². The van der Waals surface area contributed by atoms with Crippen molar-refractivity contribution < 1.29 is 4.42 Å². The number of furan rings is 1. The lowest BCUT2D eigenvalue weighted by molar-refractivity contribution is 0.669. The van der Waals surface area contributed by atoms with Crippen LogP contribution in [-0.4, -0.2) is 0 Å². The minimum atomic E-state index is 0.918. The van der Waals surface area contributed by atoms with E-state index in [1.807, 2.05) is 0 Å². The Morgan fingerprint density at radius 2 is 0.878 bits per heavy atom. The predicted molar refractivity (Wildman–Crippen MR) is 175 cm³/mol. The highest BCUT2D eigenvalue weighted by molar-refractivity contribution is 6.25. The summed E-state index contributed by atoms with van der Waals surface area (Å²) in [5, 5.41) is 12.4. The Kier molecular flexibility index (Phi) is 4.67. The second-order valence-electron chi connectivity index (χ2n) is 10.8. The van der Waals surface area contributed by atoms with Crippen LogP contribution in [0.4, 0.5) is 0 Å². The molecule has 0 saturated carbocycles. The molecular formula is C40H24O. The quantitative estimate of drug-likeness (QED) is 0.207. The average molecular weight is 521 g/mol. The predicted octanol–water partition coefficient (Wildman–Crippen LogP) is 11.5. The van der Waals surface area contributed by atoms with Gasteiger partial charge in [-0.15, -0.1) is 0 Å². The van der Waals surface area contributed by atoms with Crippen LogP contribution in [0.1, 0.15) is 0 Å². The molecular weight excluding hydrogens is 496 g/mol. The lowest BCUT2D eigenvalue weighted by atomic mass is 9.84. The van der Waals surface area contributed by atoms with E-state index < -0.39 is 0 Å².